The molecule has 2 aromatic heterocycles. The van der Waals surface area contributed by atoms with Crippen LogP contribution < -0.4 is 10.6 Å². The summed E-state index contributed by atoms with van der Waals surface area (Å²) in [5.41, 5.74) is 6.62. The van der Waals surface area contributed by atoms with Gasteiger partial charge in [0.2, 0.25) is 0 Å². The highest BCUT2D eigenvalue weighted by Gasteiger charge is 2.37. The highest BCUT2D eigenvalue weighted by atomic mass is 16.2. The van der Waals surface area contributed by atoms with Gasteiger partial charge in [0.05, 0.1) is 23.0 Å². The first-order valence-corrected chi connectivity index (χ1v) is 5.23. The maximum Gasteiger partial charge on any atom is 0.268 e. The third kappa shape index (κ3) is 1.36. The average molecular weight is 240 g/mol. The number of anilines is 2. The van der Waals surface area contributed by atoms with Crippen molar-refractivity contribution in [1.29, 1.82) is 0 Å². The van der Waals surface area contributed by atoms with Gasteiger partial charge in [0, 0.05) is 12.4 Å². The Labute approximate surface area is 102 Å². The van der Waals surface area contributed by atoms with Crippen LogP contribution in [0.2, 0.25) is 0 Å². The first-order valence-electron chi connectivity index (χ1n) is 5.23. The van der Waals surface area contributed by atoms with E-state index < -0.39 is 11.8 Å². The molecule has 2 aromatic rings. The normalized spacial score (nSPS) is 13.9. The zero-order valence-electron chi connectivity index (χ0n) is 9.20. The molecule has 0 fully saturated rings. The summed E-state index contributed by atoms with van der Waals surface area (Å²) in [7, 11) is 0. The van der Waals surface area contributed by atoms with Crippen molar-refractivity contribution in [2.75, 3.05) is 10.6 Å². The van der Waals surface area contributed by atoms with E-state index in [1.54, 1.807) is 6.07 Å². The van der Waals surface area contributed by atoms with Crippen LogP contribution in [0.4, 0.5) is 11.5 Å². The minimum absolute atomic E-state index is 0.260. The average Bonchev–Trinajstić information content (AvgIpc) is 2.64. The van der Waals surface area contributed by atoms with Crippen LogP contribution in [-0.4, -0.2) is 21.8 Å². The predicted octanol–water partition coefficient (Wildman–Crippen LogP) is 0.859. The fourth-order valence-electron chi connectivity index (χ4n) is 1.82. The molecule has 0 atom stereocenters. The Morgan fingerprint density at radius 2 is 1.78 bits per heavy atom. The first kappa shape index (κ1) is 10.4. The van der Waals surface area contributed by atoms with Crippen molar-refractivity contribution in [3.63, 3.8) is 0 Å². The summed E-state index contributed by atoms with van der Waals surface area (Å²) in [6, 6.07) is 4.64. The van der Waals surface area contributed by atoms with Crippen LogP contribution in [0.25, 0.3) is 0 Å². The highest BCUT2D eigenvalue weighted by molar-refractivity contribution is 6.34. The second-order valence-electron chi connectivity index (χ2n) is 3.82. The number of amides is 2. The lowest BCUT2D eigenvalue weighted by molar-refractivity contribution is 0.0925. The standard InChI is InChI=1S/C12H8N4O2/c13-7-1-2-10(15-5-7)16-11(17)8-3-4-14-6-9(8)12(16)18/h1-6H,13H2. The number of aromatic nitrogens is 2. The molecule has 0 saturated heterocycles. The van der Waals surface area contributed by atoms with Crippen LogP contribution in [0, 0.1) is 0 Å². The lowest BCUT2D eigenvalue weighted by atomic mass is 10.2. The Morgan fingerprint density at radius 1 is 1.00 bits per heavy atom. The summed E-state index contributed by atoms with van der Waals surface area (Å²) in [5, 5.41) is 0. The van der Waals surface area contributed by atoms with Gasteiger partial charge in [-0.15, -0.1) is 0 Å². The van der Waals surface area contributed by atoms with Gasteiger partial charge >= 0.3 is 0 Å². The molecule has 0 spiro atoms. The molecule has 18 heavy (non-hydrogen) atoms. The largest absolute Gasteiger partial charge is 0.397 e. The molecule has 1 aliphatic rings. The predicted molar refractivity (Wildman–Crippen MR) is 64.0 cm³/mol. The molecule has 0 saturated carbocycles. The number of hydrogen-bond donors (Lipinski definition) is 1. The molecule has 3 rings (SSSR count). The topological polar surface area (TPSA) is 89.2 Å². The molecule has 0 aromatic carbocycles. The monoisotopic (exact) mass is 240 g/mol. The highest BCUT2D eigenvalue weighted by Crippen LogP contribution is 2.26. The Bertz CT molecular complexity index is 616. The Morgan fingerprint density at radius 3 is 2.44 bits per heavy atom. The summed E-state index contributed by atoms with van der Waals surface area (Å²) in [5.74, 6) is -0.551. The molecule has 0 radical (unpaired) electrons. The summed E-state index contributed by atoms with van der Waals surface area (Å²) >= 11 is 0. The molecule has 3 heterocycles. The number of rotatable bonds is 1. The zero-order valence-corrected chi connectivity index (χ0v) is 9.20. The molecule has 6 heteroatoms. The van der Waals surface area contributed by atoms with Crippen molar-refractivity contribution in [3.05, 3.63) is 47.9 Å². The van der Waals surface area contributed by atoms with Gasteiger partial charge in [-0.2, -0.15) is 0 Å². The number of nitrogen functional groups attached to an aromatic ring is 1. The van der Waals surface area contributed by atoms with Crippen LogP contribution in [0.5, 0.6) is 0 Å². The third-order valence-corrected chi connectivity index (χ3v) is 2.69. The number of nitrogens with zero attached hydrogens (tertiary/aromatic N) is 3. The Balaban J connectivity index is 2.09. The van der Waals surface area contributed by atoms with E-state index >= 15 is 0 Å². The maximum atomic E-state index is 12.1. The van der Waals surface area contributed by atoms with Crippen molar-refractivity contribution < 1.29 is 9.59 Å². The minimum Gasteiger partial charge on any atom is -0.397 e. The minimum atomic E-state index is -0.416. The molecule has 2 amide bonds. The molecule has 6 nitrogen and oxygen atoms in total. The van der Waals surface area contributed by atoms with Gasteiger partial charge in [0.25, 0.3) is 11.8 Å². The van der Waals surface area contributed by atoms with Gasteiger partial charge in [-0.3, -0.25) is 14.6 Å². The van der Waals surface area contributed by atoms with Crippen LogP contribution >= 0.6 is 0 Å². The third-order valence-electron chi connectivity index (χ3n) is 2.69. The maximum absolute atomic E-state index is 12.1. The van der Waals surface area contributed by atoms with Gasteiger partial charge in [-0.1, -0.05) is 0 Å². The quantitative estimate of drug-likeness (QED) is 0.746. The van der Waals surface area contributed by atoms with E-state index in [0.717, 1.165) is 4.90 Å². The van der Waals surface area contributed by atoms with Gasteiger partial charge in [-0.25, -0.2) is 9.88 Å². The number of fused-ring (bicyclic) bond motifs is 1. The number of carbonyl (C=O) groups excluding carboxylic acids is 2. The van der Waals surface area contributed by atoms with Crippen molar-refractivity contribution in [2.24, 2.45) is 0 Å². The number of imide groups is 1. The summed E-state index contributed by atoms with van der Waals surface area (Å²) < 4.78 is 0. The van der Waals surface area contributed by atoms with Crippen molar-refractivity contribution in [2.45, 2.75) is 0 Å². The fraction of sp³-hybridized carbons (Fsp3) is 0. The van der Waals surface area contributed by atoms with Crippen molar-refractivity contribution in [1.82, 2.24) is 9.97 Å². The Hall–Kier alpha value is -2.76. The second-order valence-corrected chi connectivity index (χ2v) is 3.82. The van der Waals surface area contributed by atoms with Gasteiger partial charge < -0.3 is 5.73 Å². The van der Waals surface area contributed by atoms with E-state index in [2.05, 4.69) is 9.97 Å². The fourth-order valence-corrected chi connectivity index (χ4v) is 1.82. The summed E-state index contributed by atoms with van der Waals surface area (Å²) in [6.07, 6.45) is 4.26. The van der Waals surface area contributed by atoms with Gasteiger partial charge in [0.15, 0.2) is 0 Å². The van der Waals surface area contributed by atoms with E-state index in [9.17, 15) is 9.59 Å². The van der Waals surface area contributed by atoms with E-state index in [1.165, 1.54) is 30.7 Å². The summed E-state index contributed by atoms with van der Waals surface area (Å²) in [6.45, 7) is 0. The Kier molecular flexibility index (Phi) is 2.09. The van der Waals surface area contributed by atoms with Crippen LogP contribution in [-0.2, 0) is 0 Å². The zero-order chi connectivity index (χ0) is 12.7. The van der Waals surface area contributed by atoms with E-state index in [0.29, 0.717) is 16.8 Å². The van der Waals surface area contributed by atoms with E-state index in [4.69, 9.17) is 5.73 Å². The molecule has 2 N–H and O–H groups in total. The molecule has 88 valence electrons. The lowest BCUT2D eigenvalue weighted by Gasteiger charge is -2.12. The molecular weight excluding hydrogens is 232 g/mol. The van der Waals surface area contributed by atoms with Crippen LogP contribution in [0.3, 0.4) is 0 Å². The van der Waals surface area contributed by atoms with Crippen molar-refractivity contribution >= 4 is 23.3 Å². The van der Waals surface area contributed by atoms with Crippen LogP contribution in [0.15, 0.2) is 36.8 Å². The molecule has 1 aliphatic heterocycles. The van der Waals surface area contributed by atoms with Gasteiger partial charge in [0.1, 0.15) is 5.82 Å². The SMILES string of the molecule is Nc1ccc(N2C(=O)c3ccncc3C2=O)nc1. The molecular formula is C12H8N4O2. The number of hydrogen-bond acceptors (Lipinski definition) is 5. The number of pyridine rings is 2. The molecule has 0 aliphatic carbocycles. The summed E-state index contributed by atoms with van der Waals surface area (Å²) in [4.78, 5) is 33.0. The molecule has 0 unspecified atom stereocenters. The van der Waals surface area contributed by atoms with Crippen molar-refractivity contribution in [3.8, 4) is 0 Å². The van der Waals surface area contributed by atoms with E-state index in [1.807, 2.05) is 0 Å². The van der Waals surface area contributed by atoms with E-state index in [-0.39, 0.29) is 5.82 Å². The van der Waals surface area contributed by atoms with Gasteiger partial charge in [-0.05, 0) is 18.2 Å². The lowest BCUT2D eigenvalue weighted by Crippen LogP contribution is -2.30. The molecule has 0 bridgehead atoms. The smallest absolute Gasteiger partial charge is 0.268 e. The number of carbonyl (C=O) groups is 2. The second kappa shape index (κ2) is 3.63. The van der Waals surface area contributed by atoms with Crippen LogP contribution in [0.1, 0.15) is 20.7 Å². The first-order chi connectivity index (χ1) is 8.68. The number of nitrogens with two attached hydrogens (primary N) is 1.